The summed E-state index contributed by atoms with van der Waals surface area (Å²) >= 11 is 0. The molecule has 2 heterocycles. The Morgan fingerprint density at radius 2 is 2.36 bits per heavy atom. The molecule has 2 rings (SSSR count). The van der Waals surface area contributed by atoms with Crippen LogP contribution in [0, 0.1) is 0 Å². The Bertz CT molecular complexity index is 321. The fraction of sp³-hybridized carbons (Fsp3) is 0.143. The second-order valence-electron chi connectivity index (χ2n) is 2.25. The van der Waals surface area contributed by atoms with Crippen molar-refractivity contribution in [2.45, 2.75) is 0 Å². The second-order valence-corrected chi connectivity index (χ2v) is 2.25. The third-order valence-corrected chi connectivity index (χ3v) is 1.53. The maximum absolute atomic E-state index is 10.9. The molecule has 1 aliphatic rings. The molecule has 1 aromatic heterocycles. The van der Waals surface area contributed by atoms with E-state index >= 15 is 0 Å². The second kappa shape index (κ2) is 1.95. The number of ketones is 1. The van der Waals surface area contributed by atoms with E-state index in [0.29, 0.717) is 5.56 Å². The van der Waals surface area contributed by atoms with Crippen molar-refractivity contribution in [2.75, 3.05) is 6.61 Å². The summed E-state index contributed by atoms with van der Waals surface area (Å²) in [5.74, 6) is 0.0433. The lowest BCUT2D eigenvalue weighted by Crippen LogP contribution is -1.98. The first-order valence-corrected chi connectivity index (χ1v) is 3.12. The number of rotatable bonds is 0. The van der Waals surface area contributed by atoms with Crippen molar-refractivity contribution < 1.29 is 14.6 Å². The summed E-state index contributed by atoms with van der Waals surface area (Å²) in [6, 6.07) is 0. The molecule has 4 nitrogen and oxygen atoms in total. The number of aromatic nitrogens is 1. The number of hydrogen-bond donors (Lipinski definition) is 1. The Hall–Kier alpha value is -1.58. The molecule has 11 heavy (non-hydrogen) atoms. The first-order chi connectivity index (χ1) is 5.29. The molecule has 1 aromatic rings. The number of pyridine rings is 1. The zero-order valence-electron chi connectivity index (χ0n) is 5.57. The highest BCUT2D eigenvalue weighted by molar-refractivity contribution is 6.02. The van der Waals surface area contributed by atoms with Crippen molar-refractivity contribution in [1.82, 2.24) is 4.98 Å². The summed E-state index contributed by atoms with van der Waals surface area (Å²) in [5, 5.41) is 9.11. The van der Waals surface area contributed by atoms with E-state index in [1.165, 1.54) is 12.4 Å². The minimum absolute atomic E-state index is 0.00852. The quantitative estimate of drug-likeness (QED) is 0.581. The van der Waals surface area contributed by atoms with Crippen LogP contribution in [0.4, 0.5) is 0 Å². The van der Waals surface area contributed by atoms with Gasteiger partial charge >= 0.3 is 0 Å². The SMILES string of the molecule is O=C1COc2c(O)cncc21. The van der Waals surface area contributed by atoms with Gasteiger partial charge in [0.1, 0.15) is 0 Å². The van der Waals surface area contributed by atoms with Crippen LogP contribution in [0.5, 0.6) is 11.5 Å². The van der Waals surface area contributed by atoms with Crippen molar-refractivity contribution in [3.63, 3.8) is 0 Å². The summed E-state index contributed by atoms with van der Waals surface area (Å²) in [6.07, 6.45) is 2.64. The van der Waals surface area contributed by atoms with Crippen molar-refractivity contribution in [1.29, 1.82) is 0 Å². The third kappa shape index (κ3) is 0.756. The molecule has 0 saturated carbocycles. The van der Waals surface area contributed by atoms with Crippen molar-refractivity contribution >= 4 is 5.78 Å². The molecule has 0 amide bonds. The number of aromatic hydroxyl groups is 1. The van der Waals surface area contributed by atoms with Crippen molar-refractivity contribution in [2.24, 2.45) is 0 Å². The third-order valence-electron chi connectivity index (χ3n) is 1.53. The number of Topliss-reactive ketones (excluding diaryl/α,β-unsaturated/α-hetero) is 1. The van der Waals surface area contributed by atoms with E-state index in [1.54, 1.807) is 0 Å². The van der Waals surface area contributed by atoms with Gasteiger partial charge in [0.2, 0.25) is 5.78 Å². The highest BCUT2D eigenvalue weighted by atomic mass is 16.5. The van der Waals surface area contributed by atoms with E-state index < -0.39 is 0 Å². The van der Waals surface area contributed by atoms with E-state index in [-0.39, 0.29) is 23.9 Å². The lowest BCUT2D eigenvalue weighted by atomic mass is 10.2. The predicted octanol–water partition coefficient (Wildman–Crippen LogP) is 0.362. The minimum Gasteiger partial charge on any atom is -0.503 e. The van der Waals surface area contributed by atoms with Gasteiger partial charge in [0, 0.05) is 6.20 Å². The van der Waals surface area contributed by atoms with Crippen LogP contribution in [0.15, 0.2) is 12.4 Å². The molecule has 4 heteroatoms. The summed E-state index contributed by atoms with van der Waals surface area (Å²) in [5.41, 5.74) is 0.366. The maximum atomic E-state index is 10.9. The van der Waals surface area contributed by atoms with Crippen LogP contribution in [0.25, 0.3) is 0 Å². The van der Waals surface area contributed by atoms with Gasteiger partial charge in [-0.1, -0.05) is 0 Å². The number of fused-ring (bicyclic) bond motifs is 1. The number of hydrogen-bond acceptors (Lipinski definition) is 4. The van der Waals surface area contributed by atoms with Crippen LogP contribution in [-0.2, 0) is 0 Å². The summed E-state index contributed by atoms with van der Waals surface area (Å²) < 4.78 is 4.90. The summed E-state index contributed by atoms with van der Waals surface area (Å²) in [4.78, 5) is 14.6. The van der Waals surface area contributed by atoms with Gasteiger partial charge in [-0.25, -0.2) is 0 Å². The molecule has 56 valence electrons. The van der Waals surface area contributed by atoms with Gasteiger partial charge in [-0.15, -0.1) is 0 Å². The summed E-state index contributed by atoms with van der Waals surface area (Å²) in [7, 11) is 0. The van der Waals surface area contributed by atoms with Gasteiger partial charge in [-0.05, 0) is 0 Å². The topological polar surface area (TPSA) is 59.4 Å². The van der Waals surface area contributed by atoms with Gasteiger partial charge in [-0.3, -0.25) is 9.78 Å². The monoisotopic (exact) mass is 151 g/mol. The van der Waals surface area contributed by atoms with E-state index in [1.807, 2.05) is 0 Å². The molecule has 0 radical (unpaired) electrons. The number of carbonyl (C=O) groups is 1. The van der Waals surface area contributed by atoms with Crippen molar-refractivity contribution in [3.05, 3.63) is 18.0 Å². The van der Waals surface area contributed by atoms with Gasteiger partial charge < -0.3 is 9.84 Å². The number of carbonyl (C=O) groups excluding carboxylic acids is 1. The molecule has 1 aliphatic heterocycles. The van der Waals surface area contributed by atoms with E-state index in [9.17, 15) is 4.79 Å². The molecular weight excluding hydrogens is 146 g/mol. The van der Waals surface area contributed by atoms with E-state index in [0.717, 1.165) is 0 Å². The molecule has 0 saturated heterocycles. The van der Waals surface area contributed by atoms with Crippen molar-refractivity contribution in [3.8, 4) is 11.5 Å². The van der Waals surface area contributed by atoms with Gasteiger partial charge in [0.15, 0.2) is 18.1 Å². The molecule has 0 aliphatic carbocycles. The Labute approximate surface area is 62.4 Å². The first kappa shape index (κ1) is 6.15. The van der Waals surface area contributed by atoms with E-state index in [4.69, 9.17) is 9.84 Å². The zero-order valence-corrected chi connectivity index (χ0v) is 5.57. The summed E-state index contributed by atoms with van der Waals surface area (Å²) in [6.45, 7) is 0.00852. The maximum Gasteiger partial charge on any atom is 0.205 e. The smallest absolute Gasteiger partial charge is 0.205 e. The van der Waals surface area contributed by atoms with Crippen LogP contribution in [0.2, 0.25) is 0 Å². The predicted molar refractivity (Wildman–Crippen MR) is 35.7 cm³/mol. The molecule has 0 bridgehead atoms. The number of nitrogens with zero attached hydrogens (tertiary/aromatic N) is 1. The van der Waals surface area contributed by atoms with Gasteiger partial charge in [0.25, 0.3) is 0 Å². The van der Waals surface area contributed by atoms with Gasteiger partial charge in [0.05, 0.1) is 11.8 Å². The molecule has 0 atom stereocenters. The zero-order chi connectivity index (χ0) is 7.84. The van der Waals surface area contributed by atoms with Crippen LogP contribution < -0.4 is 4.74 Å². The Morgan fingerprint density at radius 1 is 1.55 bits per heavy atom. The highest BCUT2D eigenvalue weighted by Crippen LogP contribution is 2.32. The van der Waals surface area contributed by atoms with Gasteiger partial charge in [-0.2, -0.15) is 0 Å². The highest BCUT2D eigenvalue weighted by Gasteiger charge is 2.23. The lowest BCUT2D eigenvalue weighted by molar-refractivity contribution is 0.0960. The van der Waals surface area contributed by atoms with Crippen LogP contribution in [0.1, 0.15) is 10.4 Å². The molecule has 0 spiro atoms. The standard InChI is InChI=1S/C7H5NO3/c9-5-2-8-1-4-6(10)3-11-7(4)5/h1-2,9H,3H2. The number of ether oxygens (including phenoxy) is 1. The molecular formula is C7H5NO3. The van der Waals surface area contributed by atoms with E-state index in [2.05, 4.69) is 4.98 Å². The first-order valence-electron chi connectivity index (χ1n) is 3.12. The van der Waals surface area contributed by atoms with Crippen LogP contribution >= 0.6 is 0 Å². The lowest BCUT2D eigenvalue weighted by Gasteiger charge is -1.97. The molecule has 0 aromatic carbocycles. The molecule has 1 N–H and O–H groups in total. The van der Waals surface area contributed by atoms with Crippen LogP contribution in [-0.4, -0.2) is 22.5 Å². The molecule has 0 unspecified atom stereocenters. The Kier molecular flexibility index (Phi) is 1.09. The van der Waals surface area contributed by atoms with Crippen LogP contribution in [0.3, 0.4) is 0 Å². The fourth-order valence-corrected chi connectivity index (χ4v) is 1.00. The molecule has 0 fully saturated rings. The minimum atomic E-state index is -0.136. The normalized spacial score (nSPS) is 14.4. The largest absolute Gasteiger partial charge is 0.503 e. The average Bonchev–Trinajstić information content (AvgIpc) is 2.35. The Morgan fingerprint density at radius 3 is 3.09 bits per heavy atom. The Balaban J connectivity index is 2.66. The average molecular weight is 151 g/mol. The fourth-order valence-electron chi connectivity index (χ4n) is 1.00.